The molecule has 5 atom stereocenters. The van der Waals surface area contributed by atoms with Gasteiger partial charge in [0.1, 0.15) is 41.7 Å². The molecular formula is C36H50O9Si. The average Bonchev–Trinajstić information content (AvgIpc) is 3.05. The zero-order chi connectivity index (χ0) is 33.3. The lowest BCUT2D eigenvalue weighted by atomic mass is 9.98. The standard InChI is InChI=1S/C36H50O9Si/c1-36(2,3)46(7,8)44-24-31-32(41-21-25-9-15-28(38-4)16-10-25)33(42-22-26-11-17-29(39-5)18-12-26)34(35(37)45-31)43-23-27-13-19-30(40-6)20-14-27/h9-20,31-35,37H,21-24H2,1-8H3/t31-,32-,33+,34+,35?/m1/s1. The summed E-state index contributed by atoms with van der Waals surface area (Å²) in [4.78, 5) is 0. The summed E-state index contributed by atoms with van der Waals surface area (Å²) in [7, 11) is 2.75. The van der Waals surface area contributed by atoms with Gasteiger partial charge in [-0.1, -0.05) is 57.2 Å². The quantitative estimate of drug-likeness (QED) is 0.184. The zero-order valence-electron chi connectivity index (χ0n) is 28.4. The first-order chi connectivity index (χ1) is 21.9. The normalized spacial score (nSPS) is 22.0. The van der Waals surface area contributed by atoms with Crippen LogP contribution in [0.1, 0.15) is 37.5 Å². The van der Waals surface area contributed by atoms with Crippen LogP contribution >= 0.6 is 0 Å². The number of hydrogen-bond acceptors (Lipinski definition) is 9. The number of methoxy groups -OCH3 is 3. The van der Waals surface area contributed by atoms with Gasteiger partial charge < -0.3 is 42.7 Å². The predicted molar refractivity (Wildman–Crippen MR) is 179 cm³/mol. The van der Waals surface area contributed by atoms with Crippen LogP contribution in [0.3, 0.4) is 0 Å². The van der Waals surface area contributed by atoms with Gasteiger partial charge in [0.2, 0.25) is 0 Å². The maximum absolute atomic E-state index is 11.4. The minimum Gasteiger partial charge on any atom is -0.497 e. The lowest BCUT2D eigenvalue weighted by Crippen LogP contribution is -2.61. The number of benzene rings is 3. The summed E-state index contributed by atoms with van der Waals surface area (Å²) in [6, 6.07) is 23.0. The van der Waals surface area contributed by atoms with Crippen molar-refractivity contribution in [2.45, 2.75) is 89.4 Å². The Morgan fingerprint density at radius 2 is 0.978 bits per heavy atom. The van der Waals surface area contributed by atoms with E-state index in [0.717, 1.165) is 33.9 Å². The van der Waals surface area contributed by atoms with Gasteiger partial charge in [-0.05, 0) is 71.2 Å². The summed E-state index contributed by atoms with van der Waals surface area (Å²) >= 11 is 0. The van der Waals surface area contributed by atoms with Crippen molar-refractivity contribution in [1.29, 1.82) is 0 Å². The topological polar surface area (TPSA) is 94.1 Å². The fraction of sp³-hybridized carbons (Fsp3) is 0.500. The summed E-state index contributed by atoms with van der Waals surface area (Å²) in [5.74, 6) is 2.28. The van der Waals surface area contributed by atoms with Gasteiger partial charge in [0.15, 0.2) is 14.6 Å². The molecule has 3 aromatic carbocycles. The Kier molecular flexibility index (Phi) is 12.7. The lowest BCUT2D eigenvalue weighted by Gasteiger charge is -2.46. The van der Waals surface area contributed by atoms with E-state index in [1.807, 2.05) is 72.8 Å². The minimum absolute atomic E-state index is 0.00594. The summed E-state index contributed by atoms with van der Waals surface area (Å²) < 4.78 is 48.4. The molecule has 1 N–H and O–H groups in total. The Morgan fingerprint density at radius 1 is 0.609 bits per heavy atom. The molecule has 0 spiro atoms. The maximum Gasteiger partial charge on any atom is 0.192 e. The van der Waals surface area contributed by atoms with Crippen molar-refractivity contribution in [2.24, 2.45) is 0 Å². The van der Waals surface area contributed by atoms with Crippen LogP contribution in [0.15, 0.2) is 72.8 Å². The predicted octanol–water partition coefficient (Wildman–Crippen LogP) is 6.51. The Labute approximate surface area is 274 Å². The van der Waals surface area contributed by atoms with Gasteiger partial charge in [-0.15, -0.1) is 0 Å². The van der Waals surface area contributed by atoms with Crippen molar-refractivity contribution in [3.8, 4) is 17.2 Å². The Bertz CT molecular complexity index is 1320. The fourth-order valence-electron chi connectivity index (χ4n) is 4.85. The maximum atomic E-state index is 11.4. The molecule has 10 heteroatoms. The van der Waals surface area contributed by atoms with E-state index < -0.39 is 39.0 Å². The largest absolute Gasteiger partial charge is 0.497 e. The molecule has 9 nitrogen and oxygen atoms in total. The molecule has 0 aromatic heterocycles. The number of hydrogen-bond donors (Lipinski definition) is 1. The minimum atomic E-state index is -2.15. The van der Waals surface area contributed by atoms with Crippen LogP contribution in [0.25, 0.3) is 0 Å². The van der Waals surface area contributed by atoms with Gasteiger partial charge in [-0.2, -0.15) is 0 Å². The molecule has 3 aromatic rings. The van der Waals surface area contributed by atoms with Gasteiger partial charge in [0, 0.05) is 0 Å². The summed E-state index contributed by atoms with van der Waals surface area (Å²) in [5.41, 5.74) is 2.82. The number of rotatable bonds is 15. The highest BCUT2D eigenvalue weighted by Crippen LogP contribution is 2.38. The molecule has 1 saturated heterocycles. The highest BCUT2D eigenvalue weighted by atomic mass is 28.4. The van der Waals surface area contributed by atoms with E-state index in [4.69, 9.17) is 37.6 Å². The molecule has 1 unspecified atom stereocenters. The molecular weight excluding hydrogens is 604 g/mol. The third-order valence-electron chi connectivity index (χ3n) is 8.83. The number of ether oxygens (including phenoxy) is 7. The number of aliphatic hydroxyl groups excluding tert-OH is 1. The molecule has 0 radical (unpaired) electrons. The first-order valence-electron chi connectivity index (χ1n) is 15.6. The van der Waals surface area contributed by atoms with Gasteiger partial charge in [0.25, 0.3) is 0 Å². The van der Waals surface area contributed by atoms with Crippen LogP contribution in [0.5, 0.6) is 17.2 Å². The van der Waals surface area contributed by atoms with Crippen molar-refractivity contribution in [3.63, 3.8) is 0 Å². The highest BCUT2D eigenvalue weighted by Gasteiger charge is 2.49. The van der Waals surface area contributed by atoms with Gasteiger partial charge >= 0.3 is 0 Å². The van der Waals surface area contributed by atoms with Crippen molar-refractivity contribution >= 4 is 8.32 Å². The second kappa shape index (κ2) is 16.2. The molecule has 0 amide bonds. The van der Waals surface area contributed by atoms with Crippen molar-refractivity contribution in [1.82, 2.24) is 0 Å². The molecule has 1 aliphatic rings. The molecule has 1 fully saturated rings. The van der Waals surface area contributed by atoms with Crippen LogP contribution in [0, 0.1) is 0 Å². The average molecular weight is 655 g/mol. The van der Waals surface area contributed by atoms with Crippen LogP contribution in [0.4, 0.5) is 0 Å². The lowest BCUT2D eigenvalue weighted by molar-refractivity contribution is -0.314. The molecule has 252 valence electrons. The first kappa shape index (κ1) is 35.9. The third kappa shape index (κ3) is 9.54. The second-order valence-corrected chi connectivity index (χ2v) is 17.8. The molecule has 0 bridgehead atoms. The van der Waals surface area contributed by atoms with E-state index in [2.05, 4.69) is 33.9 Å². The van der Waals surface area contributed by atoms with Crippen molar-refractivity contribution in [3.05, 3.63) is 89.5 Å². The van der Waals surface area contributed by atoms with Crippen LogP contribution in [0.2, 0.25) is 18.1 Å². The third-order valence-corrected chi connectivity index (χ3v) is 13.3. The Balaban J connectivity index is 1.62. The Morgan fingerprint density at radius 3 is 1.35 bits per heavy atom. The summed E-state index contributed by atoms with van der Waals surface area (Å²) in [6.45, 7) is 12.0. The van der Waals surface area contributed by atoms with Crippen LogP contribution < -0.4 is 14.2 Å². The zero-order valence-corrected chi connectivity index (χ0v) is 29.4. The Hall–Kier alpha value is -2.96. The summed E-state index contributed by atoms with van der Waals surface area (Å²) in [5, 5.41) is 11.4. The van der Waals surface area contributed by atoms with Crippen molar-refractivity contribution in [2.75, 3.05) is 27.9 Å². The first-order valence-corrected chi connectivity index (χ1v) is 18.6. The molecule has 4 rings (SSSR count). The van der Waals surface area contributed by atoms with Crippen LogP contribution in [-0.2, 0) is 43.2 Å². The van der Waals surface area contributed by atoms with Gasteiger partial charge in [-0.3, -0.25) is 0 Å². The monoisotopic (exact) mass is 654 g/mol. The molecule has 0 saturated carbocycles. The fourth-order valence-corrected chi connectivity index (χ4v) is 5.86. The molecule has 46 heavy (non-hydrogen) atoms. The van der Waals surface area contributed by atoms with Crippen LogP contribution in [-0.4, -0.2) is 72.1 Å². The van der Waals surface area contributed by atoms with E-state index in [0.29, 0.717) is 0 Å². The van der Waals surface area contributed by atoms with E-state index >= 15 is 0 Å². The molecule has 1 aliphatic heterocycles. The second-order valence-electron chi connectivity index (χ2n) is 13.0. The molecule has 1 heterocycles. The summed E-state index contributed by atoms with van der Waals surface area (Å²) in [6.07, 6.45) is -4.02. The van der Waals surface area contributed by atoms with E-state index in [9.17, 15) is 5.11 Å². The smallest absolute Gasteiger partial charge is 0.192 e. The SMILES string of the molecule is COc1ccc(CO[C@H]2[C@H](OCc3ccc(OC)cc3)[C@@H](CO[Si](C)(C)C(C)(C)C)OC(O)[C@H]2OCc2ccc(OC)cc2)cc1. The van der Waals surface area contributed by atoms with Gasteiger partial charge in [0.05, 0.1) is 47.8 Å². The number of aliphatic hydroxyl groups is 1. The van der Waals surface area contributed by atoms with E-state index in [-0.39, 0.29) is 31.5 Å². The van der Waals surface area contributed by atoms with E-state index in [1.54, 1.807) is 21.3 Å². The molecule has 0 aliphatic carbocycles. The van der Waals surface area contributed by atoms with Gasteiger partial charge in [-0.25, -0.2) is 0 Å². The van der Waals surface area contributed by atoms with E-state index in [1.165, 1.54) is 0 Å². The highest BCUT2D eigenvalue weighted by molar-refractivity contribution is 6.74. The van der Waals surface area contributed by atoms with Crippen molar-refractivity contribution < 1.29 is 42.7 Å².